The molecule has 0 spiro atoms. The van der Waals surface area contributed by atoms with E-state index in [0.717, 1.165) is 26.1 Å². The Morgan fingerprint density at radius 2 is 2.44 bits per heavy atom. The van der Waals surface area contributed by atoms with Crippen molar-refractivity contribution in [1.29, 1.82) is 0 Å². The molecular weight excluding hydrogens is 272 g/mol. The lowest BCUT2D eigenvalue weighted by Crippen LogP contribution is -2.23. The van der Waals surface area contributed by atoms with Crippen molar-refractivity contribution in [3.05, 3.63) is 32.8 Å². The maximum Gasteiger partial charge on any atom is 0.267 e. The average molecular weight is 285 g/mol. The van der Waals surface area contributed by atoms with Crippen LogP contribution in [-0.4, -0.2) is 29.6 Å². The van der Waals surface area contributed by atoms with Gasteiger partial charge in [-0.3, -0.25) is 4.79 Å². The average Bonchev–Trinajstić information content (AvgIpc) is 2.32. The Morgan fingerprint density at radius 3 is 3.19 bits per heavy atom. The molecule has 0 amide bonds. The molecule has 3 N–H and O–H groups in total. The molecule has 0 saturated carbocycles. The molecule has 86 valence electrons. The lowest BCUT2D eigenvalue weighted by molar-refractivity contribution is 0.697. The number of hydrogen-bond donors (Lipinski definition) is 3. The first-order valence-corrected chi connectivity index (χ1v) is 5.92. The van der Waals surface area contributed by atoms with Crippen LogP contribution in [0.15, 0.2) is 27.2 Å². The van der Waals surface area contributed by atoms with Crippen LogP contribution >= 0.6 is 15.9 Å². The fraction of sp³-hybridized carbons (Fsp3) is 0.400. The fourth-order valence-electron chi connectivity index (χ4n) is 1.53. The molecule has 0 saturated heterocycles. The van der Waals surface area contributed by atoms with Gasteiger partial charge in [-0.25, -0.2) is 4.98 Å². The second-order valence-electron chi connectivity index (χ2n) is 3.56. The molecule has 2 heterocycles. The van der Waals surface area contributed by atoms with Crippen LogP contribution in [0.25, 0.3) is 0 Å². The van der Waals surface area contributed by atoms with E-state index in [4.69, 9.17) is 0 Å². The van der Waals surface area contributed by atoms with Crippen LogP contribution in [-0.2, 0) is 0 Å². The van der Waals surface area contributed by atoms with Crippen molar-refractivity contribution in [2.45, 2.75) is 6.42 Å². The molecule has 0 aliphatic carbocycles. The Labute approximate surface area is 101 Å². The van der Waals surface area contributed by atoms with E-state index in [2.05, 4.69) is 42.6 Å². The normalized spacial score (nSPS) is 15.7. The topological polar surface area (TPSA) is 69.8 Å². The Hall–Kier alpha value is -1.14. The molecule has 0 radical (unpaired) electrons. The number of H-pyrrole nitrogens is 1. The Balaban J connectivity index is 2.02. The lowest BCUT2D eigenvalue weighted by Gasteiger charge is -2.15. The zero-order chi connectivity index (χ0) is 11.4. The third kappa shape index (κ3) is 2.70. The lowest BCUT2D eigenvalue weighted by atomic mass is 10.1. The predicted molar refractivity (Wildman–Crippen MR) is 66.6 cm³/mol. The number of rotatable bonds is 3. The van der Waals surface area contributed by atoms with Gasteiger partial charge in [0.05, 0.1) is 6.33 Å². The van der Waals surface area contributed by atoms with Crippen molar-refractivity contribution in [2.24, 2.45) is 0 Å². The zero-order valence-corrected chi connectivity index (χ0v) is 10.3. The number of nitrogens with one attached hydrogen (secondary N) is 3. The molecular formula is C10H13BrN4O. The fourth-order valence-corrected chi connectivity index (χ4v) is 1.89. The van der Waals surface area contributed by atoms with Gasteiger partial charge in [0, 0.05) is 13.1 Å². The van der Waals surface area contributed by atoms with Crippen molar-refractivity contribution in [3.63, 3.8) is 0 Å². The number of anilines is 1. The number of aromatic amines is 1. The van der Waals surface area contributed by atoms with Gasteiger partial charge in [-0.05, 0) is 28.9 Å². The number of halogens is 1. The van der Waals surface area contributed by atoms with E-state index in [-0.39, 0.29) is 5.56 Å². The van der Waals surface area contributed by atoms with Crippen LogP contribution in [0.5, 0.6) is 0 Å². The smallest absolute Gasteiger partial charge is 0.267 e. The molecule has 5 nitrogen and oxygen atoms in total. The highest BCUT2D eigenvalue weighted by atomic mass is 79.9. The maximum atomic E-state index is 11.3. The molecule has 0 fully saturated rings. The van der Waals surface area contributed by atoms with Gasteiger partial charge in [-0.2, -0.15) is 0 Å². The van der Waals surface area contributed by atoms with Crippen LogP contribution in [0.4, 0.5) is 5.82 Å². The molecule has 0 atom stereocenters. The van der Waals surface area contributed by atoms with E-state index in [1.807, 2.05) is 0 Å². The van der Waals surface area contributed by atoms with Crippen LogP contribution in [0.2, 0.25) is 0 Å². The van der Waals surface area contributed by atoms with Gasteiger partial charge >= 0.3 is 0 Å². The van der Waals surface area contributed by atoms with E-state index >= 15 is 0 Å². The summed E-state index contributed by atoms with van der Waals surface area (Å²) in [5.74, 6) is 0.586. The third-order valence-corrected chi connectivity index (χ3v) is 3.17. The molecule has 2 rings (SSSR count). The van der Waals surface area contributed by atoms with Crippen LogP contribution < -0.4 is 16.2 Å². The summed E-state index contributed by atoms with van der Waals surface area (Å²) in [4.78, 5) is 17.9. The van der Waals surface area contributed by atoms with Crippen molar-refractivity contribution in [2.75, 3.05) is 25.0 Å². The van der Waals surface area contributed by atoms with Gasteiger partial charge in [-0.1, -0.05) is 11.6 Å². The van der Waals surface area contributed by atoms with Gasteiger partial charge in [0.1, 0.15) is 10.3 Å². The van der Waals surface area contributed by atoms with E-state index in [9.17, 15) is 4.79 Å². The minimum absolute atomic E-state index is 0.170. The summed E-state index contributed by atoms with van der Waals surface area (Å²) in [5, 5.41) is 6.40. The Morgan fingerprint density at radius 1 is 1.56 bits per heavy atom. The van der Waals surface area contributed by atoms with Crippen LogP contribution in [0, 0.1) is 0 Å². The second kappa shape index (κ2) is 5.27. The first-order chi connectivity index (χ1) is 7.77. The summed E-state index contributed by atoms with van der Waals surface area (Å²) in [6.07, 6.45) is 4.59. The highest BCUT2D eigenvalue weighted by molar-refractivity contribution is 9.10. The molecule has 0 aromatic carbocycles. The van der Waals surface area contributed by atoms with Gasteiger partial charge in [0.2, 0.25) is 0 Å². The summed E-state index contributed by atoms with van der Waals surface area (Å²) >= 11 is 3.20. The van der Waals surface area contributed by atoms with Gasteiger partial charge in [-0.15, -0.1) is 0 Å². The van der Waals surface area contributed by atoms with Gasteiger partial charge < -0.3 is 15.6 Å². The summed E-state index contributed by atoms with van der Waals surface area (Å²) in [6.45, 7) is 2.66. The number of hydrogen-bond acceptors (Lipinski definition) is 4. The molecule has 6 heteroatoms. The largest absolute Gasteiger partial charge is 0.365 e. The van der Waals surface area contributed by atoms with Gasteiger partial charge in [0.25, 0.3) is 5.56 Å². The van der Waals surface area contributed by atoms with Gasteiger partial charge in [0.15, 0.2) is 0 Å². The summed E-state index contributed by atoms with van der Waals surface area (Å²) < 4.78 is 0.449. The SMILES string of the molecule is O=c1[nH]cnc(NCC2=CCNCC2)c1Br. The zero-order valence-electron chi connectivity index (χ0n) is 8.72. The maximum absolute atomic E-state index is 11.3. The summed E-state index contributed by atoms with van der Waals surface area (Å²) in [6, 6.07) is 0. The van der Waals surface area contributed by atoms with Crippen molar-refractivity contribution in [1.82, 2.24) is 15.3 Å². The van der Waals surface area contributed by atoms with Crippen molar-refractivity contribution >= 4 is 21.7 Å². The standard InChI is InChI=1S/C10H13BrN4O/c11-8-9(14-6-15-10(8)16)13-5-7-1-3-12-4-2-7/h1,6,12H,2-5H2,(H2,13,14,15,16). The minimum atomic E-state index is -0.170. The molecule has 1 aromatic rings. The summed E-state index contributed by atoms with van der Waals surface area (Å²) in [5.41, 5.74) is 1.17. The monoisotopic (exact) mass is 284 g/mol. The molecule has 16 heavy (non-hydrogen) atoms. The minimum Gasteiger partial charge on any atom is -0.365 e. The van der Waals surface area contributed by atoms with Crippen LogP contribution in [0.1, 0.15) is 6.42 Å². The van der Waals surface area contributed by atoms with E-state index < -0.39 is 0 Å². The van der Waals surface area contributed by atoms with Crippen molar-refractivity contribution < 1.29 is 0 Å². The van der Waals surface area contributed by atoms with Crippen molar-refractivity contribution in [3.8, 4) is 0 Å². The first kappa shape index (κ1) is 11.3. The number of aromatic nitrogens is 2. The van der Waals surface area contributed by atoms with Crippen LogP contribution in [0.3, 0.4) is 0 Å². The number of nitrogens with zero attached hydrogens (tertiary/aromatic N) is 1. The van der Waals surface area contributed by atoms with E-state index in [0.29, 0.717) is 10.3 Å². The molecule has 1 aliphatic rings. The summed E-state index contributed by atoms with van der Waals surface area (Å²) in [7, 11) is 0. The highest BCUT2D eigenvalue weighted by Crippen LogP contribution is 2.14. The highest BCUT2D eigenvalue weighted by Gasteiger charge is 2.06. The first-order valence-electron chi connectivity index (χ1n) is 5.13. The Kier molecular flexibility index (Phi) is 3.74. The second-order valence-corrected chi connectivity index (χ2v) is 4.36. The quantitative estimate of drug-likeness (QED) is 0.721. The molecule has 1 aliphatic heterocycles. The van der Waals surface area contributed by atoms with E-state index in [1.54, 1.807) is 0 Å². The predicted octanol–water partition coefficient (Wildman–Crippen LogP) is 0.864. The van der Waals surface area contributed by atoms with E-state index in [1.165, 1.54) is 11.9 Å². The Bertz CT molecular complexity index is 454. The molecule has 1 aromatic heterocycles. The third-order valence-electron chi connectivity index (χ3n) is 2.44. The molecule has 0 unspecified atom stereocenters. The molecule has 0 bridgehead atoms.